The van der Waals surface area contributed by atoms with E-state index < -0.39 is 10.9 Å². The Morgan fingerprint density at radius 1 is 1.39 bits per heavy atom. The molecular formula is C14H18ClN3O5. The number of anilines is 1. The van der Waals surface area contributed by atoms with Gasteiger partial charge in [-0.15, -0.1) is 0 Å². The third kappa shape index (κ3) is 5.41. The predicted molar refractivity (Wildman–Crippen MR) is 85.8 cm³/mol. The summed E-state index contributed by atoms with van der Waals surface area (Å²) in [5.41, 5.74) is -0.284. The largest absolute Gasteiger partial charge is 0.465 e. The first kappa shape index (κ1) is 18.7. The summed E-state index contributed by atoms with van der Waals surface area (Å²) in [5.74, 6) is -0.937. The molecule has 23 heavy (non-hydrogen) atoms. The van der Waals surface area contributed by atoms with E-state index in [2.05, 4.69) is 15.4 Å². The molecule has 1 aromatic rings. The molecule has 2 N–H and O–H groups in total. The summed E-state index contributed by atoms with van der Waals surface area (Å²) in [4.78, 5) is 33.6. The van der Waals surface area contributed by atoms with Crippen LogP contribution < -0.4 is 10.6 Å². The molecule has 0 aliphatic heterocycles. The van der Waals surface area contributed by atoms with Gasteiger partial charge in [-0.05, 0) is 19.9 Å². The highest BCUT2D eigenvalue weighted by molar-refractivity contribution is 6.34. The molecule has 1 rings (SSSR count). The quantitative estimate of drug-likeness (QED) is 0.446. The van der Waals surface area contributed by atoms with E-state index in [9.17, 15) is 19.7 Å². The number of carbonyl (C=O) groups excluding carboxylic acids is 2. The smallest absolute Gasteiger partial charge is 0.339 e. The first-order chi connectivity index (χ1) is 10.8. The van der Waals surface area contributed by atoms with Gasteiger partial charge in [0.15, 0.2) is 0 Å². The van der Waals surface area contributed by atoms with Crippen LogP contribution in [-0.4, -0.2) is 36.5 Å². The van der Waals surface area contributed by atoms with Crippen LogP contribution in [0.3, 0.4) is 0 Å². The van der Waals surface area contributed by atoms with Crippen molar-refractivity contribution in [3.8, 4) is 0 Å². The summed E-state index contributed by atoms with van der Waals surface area (Å²) in [6.45, 7) is 3.86. The Kier molecular flexibility index (Phi) is 6.77. The fourth-order valence-electron chi connectivity index (χ4n) is 1.83. The van der Waals surface area contributed by atoms with Gasteiger partial charge in [0.1, 0.15) is 5.69 Å². The maximum Gasteiger partial charge on any atom is 0.339 e. The third-order valence-corrected chi connectivity index (χ3v) is 3.12. The van der Waals surface area contributed by atoms with Gasteiger partial charge in [0.25, 0.3) is 5.69 Å². The lowest BCUT2D eigenvalue weighted by Gasteiger charge is -2.11. The number of carbonyl (C=O) groups is 2. The van der Waals surface area contributed by atoms with Crippen molar-refractivity contribution in [1.82, 2.24) is 5.32 Å². The molecule has 0 heterocycles. The number of nitrogens with one attached hydrogen (secondary N) is 2. The number of esters is 1. The van der Waals surface area contributed by atoms with E-state index in [1.807, 2.05) is 13.8 Å². The van der Waals surface area contributed by atoms with Crippen molar-refractivity contribution in [1.29, 1.82) is 0 Å². The molecule has 0 fully saturated rings. The second kappa shape index (κ2) is 8.33. The number of halogens is 1. The number of nitrogens with zero attached hydrogens (tertiary/aromatic N) is 1. The number of nitro groups is 1. The van der Waals surface area contributed by atoms with E-state index in [1.54, 1.807) is 0 Å². The Balaban J connectivity index is 2.90. The molecule has 0 saturated heterocycles. The molecule has 0 saturated carbocycles. The zero-order valence-corrected chi connectivity index (χ0v) is 13.8. The number of hydrogen-bond donors (Lipinski definition) is 2. The summed E-state index contributed by atoms with van der Waals surface area (Å²) in [7, 11) is 1.16. The second-order valence-electron chi connectivity index (χ2n) is 5.00. The van der Waals surface area contributed by atoms with Crippen LogP contribution in [0.25, 0.3) is 0 Å². The van der Waals surface area contributed by atoms with E-state index in [0.717, 1.165) is 13.2 Å². The Morgan fingerprint density at radius 3 is 2.57 bits per heavy atom. The van der Waals surface area contributed by atoms with Crippen LogP contribution in [0.15, 0.2) is 12.1 Å². The summed E-state index contributed by atoms with van der Waals surface area (Å²) in [5, 5.41) is 16.6. The average molecular weight is 344 g/mol. The van der Waals surface area contributed by atoms with Crippen LogP contribution in [-0.2, 0) is 9.53 Å². The lowest BCUT2D eigenvalue weighted by Crippen LogP contribution is -2.31. The maximum atomic E-state index is 11.5. The SMILES string of the molecule is COC(=O)c1cc([N+](=O)[O-])c(NCCC(=O)NC(C)C)cc1Cl. The van der Waals surface area contributed by atoms with Gasteiger partial charge < -0.3 is 15.4 Å². The van der Waals surface area contributed by atoms with E-state index in [-0.39, 0.29) is 46.9 Å². The van der Waals surface area contributed by atoms with Gasteiger partial charge in [-0.3, -0.25) is 14.9 Å². The van der Waals surface area contributed by atoms with Crippen molar-refractivity contribution in [2.45, 2.75) is 26.3 Å². The van der Waals surface area contributed by atoms with Gasteiger partial charge in [0, 0.05) is 25.1 Å². The average Bonchev–Trinajstić information content (AvgIpc) is 2.45. The molecule has 8 nitrogen and oxygen atoms in total. The summed E-state index contributed by atoms with van der Waals surface area (Å²) in [6, 6.07) is 2.34. The maximum absolute atomic E-state index is 11.5. The molecular weight excluding hydrogens is 326 g/mol. The van der Waals surface area contributed by atoms with Crippen LogP contribution in [0.5, 0.6) is 0 Å². The van der Waals surface area contributed by atoms with Crippen molar-refractivity contribution in [2.24, 2.45) is 0 Å². The zero-order valence-electron chi connectivity index (χ0n) is 13.0. The highest BCUT2D eigenvalue weighted by atomic mass is 35.5. The second-order valence-corrected chi connectivity index (χ2v) is 5.40. The fraction of sp³-hybridized carbons (Fsp3) is 0.429. The number of amides is 1. The minimum Gasteiger partial charge on any atom is -0.465 e. The molecule has 0 aromatic heterocycles. The standard InChI is InChI=1S/C14H18ClN3O5/c1-8(2)17-13(19)4-5-16-11-7-10(15)9(14(20)23-3)6-12(11)18(21)22/h6-8,16H,4-5H2,1-3H3,(H,17,19). The number of methoxy groups -OCH3 is 1. The van der Waals surface area contributed by atoms with Crippen molar-refractivity contribution < 1.29 is 19.2 Å². The van der Waals surface area contributed by atoms with Gasteiger partial charge in [0.05, 0.1) is 22.6 Å². The Bertz CT molecular complexity index is 619. The number of nitro benzene ring substituents is 1. The van der Waals surface area contributed by atoms with E-state index in [0.29, 0.717) is 0 Å². The molecule has 0 atom stereocenters. The van der Waals surface area contributed by atoms with Gasteiger partial charge >= 0.3 is 5.97 Å². The summed E-state index contributed by atoms with van der Waals surface area (Å²) >= 11 is 5.95. The zero-order chi connectivity index (χ0) is 17.6. The third-order valence-electron chi connectivity index (χ3n) is 2.80. The molecule has 0 aliphatic rings. The highest BCUT2D eigenvalue weighted by Gasteiger charge is 2.21. The van der Waals surface area contributed by atoms with Crippen molar-refractivity contribution in [3.63, 3.8) is 0 Å². The van der Waals surface area contributed by atoms with Crippen LogP contribution in [0.1, 0.15) is 30.6 Å². The molecule has 1 amide bonds. The van der Waals surface area contributed by atoms with E-state index >= 15 is 0 Å². The number of benzene rings is 1. The Labute approximate surface area is 138 Å². The van der Waals surface area contributed by atoms with Crippen molar-refractivity contribution in [2.75, 3.05) is 19.0 Å². The van der Waals surface area contributed by atoms with E-state index in [4.69, 9.17) is 11.6 Å². The molecule has 1 aromatic carbocycles. The van der Waals surface area contributed by atoms with Crippen LogP contribution in [0.2, 0.25) is 5.02 Å². The molecule has 0 bridgehead atoms. The van der Waals surface area contributed by atoms with Gasteiger partial charge in [0.2, 0.25) is 5.91 Å². The molecule has 0 unspecified atom stereocenters. The number of ether oxygens (including phenoxy) is 1. The predicted octanol–water partition coefficient (Wildman–Crippen LogP) is 2.36. The summed E-state index contributed by atoms with van der Waals surface area (Å²) < 4.78 is 4.52. The number of hydrogen-bond acceptors (Lipinski definition) is 6. The first-order valence-electron chi connectivity index (χ1n) is 6.85. The fourth-order valence-corrected chi connectivity index (χ4v) is 2.07. The lowest BCUT2D eigenvalue weighted by atomic mass is 10.1. The summed E-state index contributed by atoms with van der Waals surface area (Å²) in [6.07, 6.45) is 0.145. The Hall–Kier alpha value is -2.35. The molecule has 0 aliphatic carbocycles. The molecule has 9 heteroatoms. The normalized spacial score (nSPS) is 10.3. The molecule has 126 valence electrons. The van der Waals surface area contributed by atoms with Gasteiger partial charge in [-0.1, -0.05) is 11.6 Å². The van der Waals surface area contributed by atoms with Crippen LogP contribution >= 0.6 is 11.6 Å². The van der Waals surface area contributed by atoms with E-state index in [1.165, 1.54) is 6.07 Å². The van der Waals surface area contributed by atoms with Crippen molar-refractivity contribution in [3.05, 3.63) is 32.8 Å². The Morgan fingerprint density at radius 2 is 2.04 bits per heavy atom. The molecule has 0 radical (unpaired) electrons. The van der Waals surface area contributed by atoms with Crippen LogP contribution in [0, 0.1) is 10.1 Å². The lowest BCUT2D eigenvalue weighted by molar-refractivity contribution is -0.384. The van der Waals surface area contributed by atoms with Gasteiger partial charge in [-0.2, -0.15) is 0 Å². The highest BCUT2D eigenvalue weighted by Crippen LogP contribution is 2.31. The minimum atomic E-state index is -0.763. The molecule has 0 spiro atoms. The first-order valence-corrected chi connectivity index (χ1v) is 7.23. The van der Waals surface area contributed by atoms with Crippen LogP contribution in [0.4, 0.5) is 11.4 Å². The number of rotatable bonds is 7. The van der Waals surface area contributed by atoms with Crippen molar-refractivity contribution >= 4 is 34.9 Å². The topological polar surface area (TPSA) is 111 Å². The monoisotopic (exact) mass is 343 g/mol. The van der Waals surface area contributed by atoms with Gasteiger partial charge in [-0.25, -0.2) is 4.79 Å². The minimum absolute atomic E-state index is 0.0191.